The second-order valence-corrected chi connectivity index (χ2v) is 31.6. The van der Waals surface area contributed by atoms with Crippen molar-refractivity contribution in [2.24, 2.45) is 51.8 Å². The number of primary amides is 2. The lowest BCUT2D eigenvalue weighted by Crippen LogP contribution is -2.61. The quantitative estimate of drug-likeness (QED) is 0.0179. The van der Waals surface area contributed by atoms with Gasteiger partial charge in [0.05, 0.1) is 13.0 Å². The molecule has 0 spiro atoms. The first kappa shape index (κ1) is 103. The number of rotatable bonds is 33. The van der Waals surface area contributed by atoms with Crippen LogP contribution in [0.3, 0.4) is 0 Å². The molecule has 49 nitrogen and oxygen atoms in total. The molecule has 5 rings (SSSR count). The van der Waals surface area contributed by atoms with Crippen molar-refractivity contribution < 1.29 is 76.7 Å². The van der Waals surface area contributed by atoms with Crippen LogP contribution >= 0.6 is 0 Å². The Labute approximate surface area is 728 Å². The molecular formula is C77H129N33O16. The molecule has 1 aromatic heterocycles. The van der Waals surface area contributed by atoms with Crippen molar-refractivity contribution in [2.75, 3.05) is 58.9 Å². The molecule has 0 radical (unpaired) electrons. The van der Waals surface area contributed by atoms with Gasteiger partial charge in [-0.1, -0.05) is 32.0 Å². The second-order valence-electron chi connectivity index (χ2n) is 31.6. The number of fused-ring (bicyclic) bond motifs is 3. The number of benzene rings is 1. The number of nitrogens with two attached hydrogens (primary N) is 8. The number of hydrogen-bond acceptors (Lipinski definition) is 22. The number of carbonyl (C=O) groups is 16. The van der Waals surface area contributed by atoms with E-state index in [4.69, 9.17) is 72.9 Å². The molecule has 0 bridgehead atoms. The van der Waals surface area contributed by atoms with Crippen molar-refractivity contribution in [1.29, 1.82) is 27.0 Å². The van der Waals surface area contributed by atoms with Crippen LogP contribution in [0.5, 0.6) is 0 Å². The summed E-state index contributed by atoms with van der Waals surface area (Å²) in [6.07, 6.45) is -0.674. The van der Waals surface area contributed by atoms with E-state index >= 15 is 24.0 Å². The molecule has 39 N–H and O–H groups in total. The van der Waals surface area contributed by atoms with Gasteiger partial charge in [-0.3, -0.25) is 104 Å². The van der Waals surface area contributed by atoms with Crippen LogP contribution in [-0.4, -0.2) is 277 Å². The first-order chi connectivity index (χ1) is 59.8. The number of nitrogens with zero attached hydrogens (tertiary/aromatic N) is 2. The number of aromatic amines is 1. The van der Waals surface area contributed by atoms with E-state index < -0.39 is 229 Å². The molecule has 4 heterocycles. The number of amides is 16. The van der Waals surface area contributed by atoms with Crippen LogP contribution in [0.25, 0.3) is 10.9 Å². The van der Waals surface area contributed by atoms with E-state index in [0.29, 0.717) is 22.9 Å². The van der Waals surface area contributed by atoms with Crippen molar-refractivity contribution in [3.63, 3.8) is 0 Å². The van der Waals surface area contributed by atoms with Gasteiger partial charge in [-0.15, -0.1) is 0 Å². The third-order valence-corrected chi connectivity index (χ3v) is 20.9. The van der Waals surface area contributed by atoms with Gasteiger partial charge in [-0.25, -0.2) is 0 Å². The largest absolute Gasteiger partial charge is 0.370 e. The smallest absolute Gasteiger partial charge is 0.246 e. The Kier molecular flexibility index (Phi) is 43.3. The lowest BCUT2D eigenvalue weighted by Gasteiger charge is -2.34. The predicted molar refractivity (Wildman–Crippen MR) is 462 cm³/mol. The Balaban J connectivity index is 1.66. The molecule has 126 heavy (non-hydrogen) atoms. The molecule has 0 aliphatic carbocycles. The third-order valence-electron chi connectivity index (χ3n) is 20.9. The Morgan fingerprint density at radius 1 is 0.421 bits per heavy atom. The summed E-state index contributed by atoms with van der Waals surface area (Å²) in [4.78, 5) is 238. The molecule has 2 aromatic rings. The fraction of sp³-hybridized carbons (Fsp3) is 0.623. The lowest BCUT2D eigenvalue weighted by molar-refractivity contribution is -0.148. The number of carbonyl (C=O) groups excluding carboxylic acids is 16. The summed E-state index contributed by atoms with van der Waals surface area (Å²) >= 11 is 0. The number of unbranched alkanes of at least 4 members (excludes halogenated alkanes) is 1. The monoisotopic (exact) mass is 1770 g/mol. The topological polar surface area (TPSA) is 827 Å². The zero-order valence-electron chi connectivity index (χ0n) is 71.4. The predicted octanol–water partition coefficient (Wildman–Crippen LogP) is -9.19. The highest BCUT2D eigenvalue weighted by atomic mass is 16.2. The Morgan fingerprint density at radius 2 is 0.802 bits per heavy atom. The molecule has 13 atom stereocenters. The van der Waals surface area contributed by atoms with Crippen LogP contribution in [0, 0.1) is 33.0 Å². The summed E-state index contributed by atoms with van der Waals surface area (Å²) in [6, 6.07) is -12.9. The number of hydrogen-bond donors (Lipinski definition) is 31. The van der Waals surface area contributed by atoms with E-state index in [2.05, 4.69) is 95.4 Å². The Bertz CT molecular complexity index is 4180. The van der Waals surface area contributed by atoms with Crippen LogP contribution < -0.4 is 136 Å². The van der Waals surface area contributed by atoms with Gasteiger partial charge in [0, 0.05) is 75.8 Å². The van der Waals surface area contributed by atoms with Gasteiger partial charge in [-0.05, 0) is 153 Å². The van der Waals surface area contributed by atoms with Gasteiger partial charge in [0.1, 0.15) is 78.5 Å². The summed E-state index contributed by atoms with van der Waals surface area (Å²) in [5.74, 6) is -18.1. The Hall–Kier alpha value is -13.4. The average molecular weight is 1770 g/mol. The zero-order chi connectivity index (χ0) is 93.3. The minimum Gasteiger partial charge on any atom is -0.370 e. The summed E-state index contributed by atoms with van der Waals surface area (Å²) < 4.78 is 0. The molecule has 0 saturated carbocycles. The molecular weight excluding hydrogens is 1640 g/mol. The van der Waals surface area contributed by atoms with Crippen LogP contribution in [0.2, 0.25) is 0 Å². The van der Waals surface area contributed by atoms with E-state index in [1.165, 1.54) is 16.7 Å². The van der Waals surface area contributed by atoms with Crippen LogP contribution in [0.4, 0.5) is 0 Å². The highest BCUT2D eigenvalue weighted by Gasteiger charge is 2.46. The number of nitrogens with one attached hydrogen (secondary N) is 23. The molecule has 3 aliphatic rings. The number of guanidine groups is 5. The highest BCUT2D eigenvalue weighted by Crippen LogP contribution is 2.28. The maximum absolute atomic E-state index is 15.3. The fourth-order valence-corrected chi connectivity index (χ4v) is 14.5. The first-order valence-electron chi connectivity index (χ1n) is 42.2. The van der Waals surface area contributed by atoms with E-state index in [-0.39, 0.29) is 174 Å². The lowest BCUT2D eigenvalue weighted by atomic mass is 10.00. The van der Waals surface area contributed by atoms with Gasteiger partial charge >= 0.3 is 0 Å². The van der Waals surface area contributed by atoms with Crippen LogP contribution in [0.15, 0.2) is 30.5 Å². The second kappa shape index (κ2) is 52.9. The van der Waals surface area contributed by atoms with Crippen molar-refractivity contribution in [3.05, 3.63) is 36.0 Å². The summed E-state index contributed by atoms with van der Waals surface area (Å²) in [6.45, 7) is 3.81. The van der Waals surface area contributed by atoms with Gasteiger partial charge < -0.3 is 151 Å². The SMILES string of the molecule is CC(C)C[C@@H]1NC(=O)[C@H](CCCNC(=N)N)NC(=O)[C@H](Cc2c[nH]c3ccccc23)NC(=O)[C@H]2CCCN2C(=O)[C@@H]2CCCN2C(=O)[C@H](CCCNC(=N)N)NC(=O)[C@H](CCCNC(=N)N)NC(=O)[C@H](CC(N)=O)NC(=O)[C@H](CCCNC(=N)N)NC(=O)[C@H](CCC(N)=O)NC(=O)CNC(=O)[C@H](CCCCN)NC(=O)[C@H](C)NC(=O)[C@H](CCCNC(=N)N)NC1=O. The molecule has 3 saturated heterocycles. The standard InChI is InChI=1S/C77H129N33O16/c1-40(2)35-52-67(121)102-46(18-8-28-91-73(81)82)62(116)98-41(3)60(114)100-45(17-6-7-27-78)61(115)97-39-59(113)99-50(25-26-57(79)111)66(120)101-48(20-10-30-93-75(85)86)65(119)107-54(37-58(80)112)69(123)104-47(19-9-29-92-74(83)84)63(117)105-51(22-12-32-95-77(89)90)71(125)110-34-14-24-56(110)72(126)109-33-13-23-55(109)70(124)108-53(36-42-38-96-44-16-5-4-15-43(42)44)68(122)103-49(64(118)106-52)21-11-31-94-76(87)88/h4-5,15-16,38,40-41,45-56,96H,6-14,17-37,39,78H2,1-3H3,(H2,79,111)(H2,80,112)(H,97,115)(H,98,116)(H,99,113)(H,100,114)(H,101,120)(H,102,121)(H,103,122)(H,104,123)(H,105,117)(H,106,118)(H,107,119)(H,108,124)(H4,81,82,91)(H4,83,84,92)(H4,85,86,93)(H4,87,88,94)(H4,89,90,95)/t41-,45-,46-,47-,48-,49-,50-,51-,52-,53-,54-,55+,56-/m0/s1. The summed E-state index contributed by atoms with van der Waals surface area (Å²) in [5, 5.41) is 83.5. The fourth-order valence-electron chi connectivity index (χ4n) is 14.5. The normalized spacial score (nSPS) is 23.7. The molecule has 1 aromatic carbocycles. The number of H-pyrrole nitrogens is 1. The van der Waals surface area contributed by atoms with Gasteiger partial charge in [0.2, 0.25) is 94.5 Å². The van der Waals surface area contributed by atoms with Crippen molar-refractivity contribution >= 4 is 135 Å². The molecule has 0 unspecified atom stereocenters. The molecule has 16 amide bonds. The minimum absolute atomic E-state index is 0.00647. The maximum atomic E-state index is 15.3. The van der Waals surface area contributed by atoms with Gasteiger partial charge in [-0.2, -0.15) is 0 Å². The van der Waals surface area contributed by atoms with Crippen molar-refractivity contribution in [2.45, 2.75) is 241 Å². The molecule has 3 fully saturated rings. The molecule has 49 heteroatoms. The van der Waals surface area contributed by atoms with E-state index in [0.717, 1.165) is 0 Å². The van der Waals surface area contributed by atoms with Crippen LogP contribution in [0.1, 0.15) is 161 Å². The van der Waals surface area contributed by atoms with E-state index in [9.17, 15) is 52.7 Å². The van der Waals surface area contributed by atoms with Gasteiger partial charge in [0.25, 0.3) is 0 Å². The maximum Gasteiger partial charge on any atom is 0.246 e. The first-order valence-corrected chi connectivity index (χ1v) is 42.2. The summed E-state index contributed by atoms with van der Waals surface area (Å²) in [5.41, 5.74) is 46.1. The van der Waals surface area contributed by atoms with Crippen molar-refractivity contribution in [1.82, 2.24) is 105 Å². The number of aromatic nitrogens is 1. The average Bonchev–Trinajstić information content (AvgIpc) is 1.64. The zero-order valence-corrected chi connectivity index (χ0v) is 71.4. The van der Waals surface area contributed by atoms with Crippen molar-refractivity contribution in [3.8, 4) is 0 Å². The molecule has 698 valence electrons. The third kappa shape index (κ3) is 35.8. The number of para-hydroxylation sites is 1. The van der Waals surface area contributed by atoms with Crippen LogP contribution in [-0.2, 0) is 83.1 Å². The molecule has 3 aliphatic heterocycles. The van der Waals surface area contributed by atoms with E-state index in [1.807, 2.05) is 0 Å². The minimum atomic E-state index is -1.96. The van der Waals surface area contributed by atoms with E-state index in [1.54, 1.807) is 44.3 Å². The highest BCUT2D eigenvalue weighted by molar-refractivity contribution is 6.02. The Morgan fingerprint density at radius 3 is 1.27 bits per heavy atom. The van der Waals surface area contributed by atoms with Gasteiger partial charge in [0.15, 0.2) is 29.8 Å². The summed E-state index contributed by atoms with van der Waals surface area (Å²) in [7, 11) is 0.